The Morgan fingerprint density at radius 2 is 0.480 bits per heavy atom. The fraction of sp³-hybridized carbons (Fsp3) is 0.0435. The van der Waals surface area contributed by atoms with E-state index in [9.17, 15) is 0 Å². The van der Waals surface area contributed by atoms with Gasteiger partial charge in [-0.15, -0.1) is 22.7 Å². The van der Waals surface area contributed by atoms with E-state index in [1.54, 1.807) is 22.7 Å². The van der Waals surface area contributed by atoms with Crippen LogP contribution in [-0.4, -0.2) is 43.6 Å². The summed E-state index contributed by atoms with van der Waals surface area (Å²) in [6, 6.07) is 175. The number of hydrogen-bond acceptors (Lipinski definition) is 9. The summed E-state index contributed by atoms with van der Waals surface area (Å²) in [5.41, 5.74) is 36.2. The molecule has 0 amide bonds. The smallest absolute Gasteiger partial charge is 0.165 e. The molecule has 10 nitrogen and oxygen atoms in total. The number of benzene rings is 20. The fourth-order valence-corrected chi connectivity index (χ4v) is 25.0. The van der Waals surface area contributed by atoms with Crippen molar-refractivity contribution in [1.29, 1.82) is 0 Å². The number of rotatable bonds is 16. The van der Waals surface area contributed by atoms with Crippen LogP contribution in [0.15, 0.2) is 510 Å². The Labute approximate surface area is 877 Å². The number of thiophene rings is 2. The molecule has 0 aliphatic heterocycles. The summed E-state index contributed by atoms with van der Waals surface area (Å²) in [6.45, 7) is 9.31. The molecule has 150 heavy (non-hydrogen) atoms. The molecule has 7 aromatic heterocycles. The lowest BCUT2D eigenvalue weighted by molar-refractivity contribution is 0.660. The topological polar surface area (TPSA) is 95.4 Å². The summed E-state index contributed by atoms with van der Waals surface area (Å²) in [7, 11) is 0. The monoisotopic (exact) mass is 1960 g/mol. The highest BCUT2D eigenvalue weighted by atomic mass is 32.1. The Kier molecular flexibility index (Phi) is 22.5. The highest BCUT2D eigenvalue weighted by Gasteiger charge is 2.38. The van der Waals surface area contributed by atoms with Crippen LogP contribution in [0.25, 0.3) is 225 Å². The van der Waals surface area contributed by atoms with Crippen molar-refractivity contribution in [1.82, 2.24) is 43.6 Å². The van der Waals surface area contributed by atoms with Gasteiger partial charge in [-0.3, -0.25) is 0 Å². The van der Waals surface area contributed by atoms with Crippen LogP contribution in [0.5, 0.6) is 0 Å². The van der Waals surface area contributed by atoms with Gasteiger partial charge in [-0.25, -0.2) is 29.9 Å². The van der Waals surface area contributed by atoms with Gasteiger partial charge in [-0.2, -0.15) is 0 Å². The predicted octanol–water partition coefficient (Wildman–Crippen LogP) is 36.7. The van der Waals surface area contributed by atoms with Crippen LogP contribution in [0.2, 0.25) is 0 Å². The second-order valence-corrected chi connectivity index (χ2v) is 41.7. The minimum absolute atomic E-state index is 0.0192. The van der Waals surface area contributed by atoms with Gasteiger partial charge in [-0.1, -0.05) is 380 Å². The highest BCUT2D eigenvalue weighted by molar-refractivity contribution is 7.26. The van der Waals surface area contributed by atoms with Crippen LogP contribution in [0.3, 0.4) is 0 Å². The van der Waals surface area contributed by atoms with E-state index in [-0.39, 0.29) is 10.8 Å². The lowest BCUT2D eigenvalue weighted by Gasteiger charge is -2.27. The molecule has 0 radical (unpaired) electrons. The Morgan fingerprint density at radius 1 is 0.187 bits per heavy atom. The summed E-state index contributed by atoms with van der Waals surface area (Å²) in [6.07, 6.45) is 6.80. The zero-order valence-electron chi connectivity index (χ0n) is 82.8. The van der Waals surface area contributed by atoms with Gasteiger partial charge in [0.25, 0.3) is 0 Å². The van der Waals surface area contributed by atoms with Gasteiger partial charge in [0.2, 0.25) is 0 Å². The molecule has 2 aliphatic carbocycles. The zero-order chi connectivity index (χ0) is 100. The molecule has 0 bridgehead atoms. The van der Waals surface area contributed by atoms with E-state index in [1.807, 2.05) is 60.7 Å². The van der Waals surface area contributed by atoms with Crippen molar-refractivity contribution in [3.05, 3.63) is 532 Å². The average Bonchev–Trinajstić information content (AvgIpc) is 1.58. The third kappa shape index (κ3) is 16.0. The van der Waals surface area contributed by atoms with Crippen molar-refractivity contribution < 1.29 is 0 Å². The number of para-hydroxylation sites is 7. The SMILES string of the molecule is CC1(C)c2ccc(-c3nc(-c4ccccc4)nc(-c4ccccc4)n3)cc2-c2cc(-c3cn(-c4ccccc4)c4ccccc34)ccc21.CC1(C)c2ccccc2-c2cc(N(c3ccccc3)c3ccc(-c4cccc(-c5cn(-c6ccccc6)c6ccccc56)c4)cc3)ccc21.c1ccc(-n2cc(-c3cccc(-c4nc(-c5cccc6c5sc5ccccc56)nc(-c5cccc6c5sc5ccccc56)n4)c3)c3ccccc32)cc1. The van der Waals surface area contributed by atoms with Crippen LogP contribution in [0.1, 0.15) is 49.9 Å². The van der Waals surface area contributed by atoms with Crippen molar-refractivity contribution >= 4 is 113 Å². The summed E-state index contributed by atoms with van der Waals surface area (Å²) in [5.74, 6) is 3.99. The van der Waals surface area contributed by atoms with Crippen LogP contribution in [0.4, 0.5) is 17.1 Å². The maximum absolute atomic E-state index is 5.29. The first-order valence-electron chi connectivity index (χ1n) is 51.0. The first-order valence-corrected chi connectivity index (χ1v) is 52.6. The molecule has 0 unspecified atom stereocenters. The van der Waals surface area contributed by atoms with E-state index in [2.05, 4.69) is 496 Å². The van der Waals surface area contributed by atoms with E-state index < -0.39 is 0 Å². The van der Waals surface area contributed by atoms with E-state index in [0.717, 1.165) is 84.1 Å². The minimum Gasteiger partial charge on any atom is -0.316 e. The van der Waals surface area contributed by atoms with Gasteiger partial charge in [0.05, 0.1) is 16.6 Å². The van der Waals surface area contributed by atoms with Gasteiger partial charge in [0, 0.05) is 170 Å². The minimum atomic E-state index is -0.136. The maximum Gasteiger partial charge on any atom is 0.165 e. The molecule has 0 fully saturated rings. The van der Waals surface area contributed by atoms with Crippen LogP contribution in [-0.2, 0) is 10.8 Å². The lowest BCUT2D eigenvalue weighted by Crippen LogP contribution is -2.15. The molecule has 0 N–H and O–H groups in total. The molecule has 0 saturated heterocycles. The van der Waals surface area contributed by atoms with Crippen LogP contribution >= 0.6 is 22.7 Å². The average molecular weight is 1960 g/mol. The lowest BCUT2D eigenvalue weighted by atomic mass is 9.82. The fourth-order valence-electron chi connectivity index (χ4n) is 22.6. The molecule has 7 heterocycles. The molecule has 20 aromatic carbocycles. The number of fused-ring (bicyclic) bond motifs is 15. The molecule has 27 aromatic rings. The molecular weight excluding hydrogens is 1860 g/mol. The summed E-state index contributed by atoms with van der Waals surface area (Å²) in [4.78, 5) is 33.2. The molecule has 2 aliphatic rings. The molecule has 12 heteroatoms. The van der Waals surface area contributed by atoms with Gasteiger partial charge in [-0.05, 0) is 212 Å². The van der Waals surface area contributed by atoms with Gasteiger partial charge >= 0.3 is 0 Å². The van der Waals surface area contributed by atoms with E-state index in [0.29, 0.717) is 34.9 Å². The van der Waals surface area contributed by atoms with Crippen molar-refractivity contribution in [2.75, 3.05) is 4.90 Å². The Balaban J connectivity index is 0.000000111. The Bertz CT molecular complexity index is 9710. The van der Waals surface area contributed by atoms with Crippen LogP contribution < -0.4 is 4.90 Å². The first-order chi connectivity index (χ1) is 73.9. The quantitative estimate of drug-likeness (QED) is 0.0951. The van der Waals surface area contributed by atoms with Crippen molar-refractivity contribution in [2.45, 2.75) is 38.5 Å². The normalized spacial score (nSPS) is 12.5. The number of nitrogens with zero attached hydrogens (tertiary/aromatic N) is 10. The molecule has 0 atom stereocenters. The number of aromatic nitrogens is 9. The predicted molar refractivity (Wildman–Crippen MR) is 627 cm³/mol. The molecule has 29 rings (SSSR count). The molecule has 0 spiro atoms. The zero-order valence-corrected chi connectivity index (χ0v) is 84.4. The summed E-state index contributed by atoms with van der Waals surface area (Å²) >= 11 is 3.59. The highest BCUT2D eigenvalue weighted by Crippen LogP contribution is 2.55. The summed E-state index contributed by atoms with van der Waals surface area (Å²) in [5, 5.41) is 8.61. The standard InChI is InChI=1S/C47H28N4S2.C47H36N2.C44H32N4/c1-2-15-31(16-3-1)51-28-39(32-17-4-7-24-40(32)51)29-13-10-14-30(27-29)45-48-46(37-22-11-20-35-33-18-5-8-25-41(33)52-43(35)37)50-47(49-45)38-23-12-21-36-34-19-6-9-26-42(34)53-44(36)38;1-47(2)44-22-11-9-20-40(44)42-31-39(28-29-45(42)47)49(37-18-7-4-8-19-37)38-26-24-33(25-27-38)34-14-13-15-35(30-34)43-32-48(36-16-5-3-6-17-36)46-23-12-10-21-41(43)46;1-44(2)38-24-22-31(37-28-48(33-18-10-5-11-19-33)40-21-13-12-20-34(37)40)26-35(38)36-27-32(23-25-39(36)44)43-46-41(29-14-6-3-7-15-29)45-42(47-43)30-16-8-4-9-17-30/h1-28H;3-32H,1-2H3;3-28H,1-2H3. The third-order valence-corrected chi connectivity index (χ3v) is 32.5. The van der Waals surface area contributed by atoms with E-state index in [4.69, 9.17) is 29.9 Å². The summed E-state index contributed by atoms with van der Waals surface area (Å²) < 4.78 is 11.7. The van der Waals surface area contributed by atoms with Crippen molar-refractivity contribution in [3.8, 4) is 152 Å². The number of anilines is 3. The Morgan fingerprint density at radius 3 is 0.960 bits per heavy atom. The van der Waals surface area contributed by atoms with E-state index in [1.165, 1.54) is 145 Å². The molecular formula is C138H96N10S2. The van der Waals surface area contributed by atoms with Crippen LogP contribution in [0, 0.1) is 0 Å². The number of hydrogen-bond donors (Lipinski definition) is 0. The van der Waals surface area contributed by atoms with Crippen molar-refractivity contribution in [2.24, 2.45) is 0 Å². The van der Waals surface area contributed by atoms with Crippen molar-refractivity contribution in [3.63, 3.8) is 0 Å². The third-order valence-electron chi connectivity index (χ3n) is 30.0. The second-order valence-electron chi connectivity index (χ2n) is 39.6. The van der Waals surface area contributed by atoms with E-state index >= 15 is 0 Å². The second kappa shape index (κ2) is 37.4. The molecule has 710 valence electrons. The van der Waals surface area contributed by atoms with Gasteiger partial charge in [0.15, 0.2) is 34.9 Å². The van der Waals surface area contributed by atoms with Gasteiger partial charge < -0.3 is 18.6 Å². The Hall–Kier alpha value is -18.7. The first kappa shape index (κ1) is 90.1. The van der Waals surface area contributed by atoms with Gasteiger partial charge in [0.1, 0.15) is 0 Å². The maximum atomic E-state index is 5.29. The molecule has 0 saturated carbocycles. The largest absolute Gasteiger partial charge is 0.316 e.